The maximum Gasteiger partial charge on any atom is 0.235 e. The third-order valence-electron chi connectivity index (χ3n) is 2.76. The first-order valence-electron chi connectivity index (χ1n) is 6.58. The summed E-state index contributed by atoms with van der Waals surface area (Å²) < 4.78 is 32.5. The number of nitrogens with zero attached hydrogens (tertiary/aromatic N) is 1. The third kappa shape index (κ3) is 4.55. The molecular weight excluding hydrogens is 310 g/mol. The highest BCUT2D eigenvalue weighted by molar-refractivity contribution is 7.92. The molecule has 0 spiro atoms. The van der Waals surface area contributed by atoms with Gasteiger partial charge < -0.3 is 10.1 Å². The molecule has 2 aromatic rings. The summed E-state index contributed by atoms with van der Waals surface area (Å²) in [5.74, 6) is 0.742. The van der Waals surface area contributed by atoms with Gasteiger partial charge in [0.2, 0.25) is 10.0 Å². The van der Waals surface area contributed by atoms with Crippen LogP contribution in [-0.2, 0) is 10.0 Å². The van der Waals surface area contributed by atoms with Crippen LogP contribution in [0.5, 0.6) is 5.75 Å². The predicted octanol–water partition coefficient (Wildman–Crippen LogP) is 2.04. The largest absolute Gasteiger partial charge is 0.497 e. The minimum absolute atomic E-state index is 0.0183. The molecule has 0 atom stereocenters. The summed E-state index contributed by atoms with van der Waals surface area (Å²) in [6, 6.07) is 5.70. The minimum atomic E-state index is -3.39. The topological polar surface area (TPSA) is 80.3 Å². The maximum atomic E-state index is 12.0. The van der Waals surface area contributed by atoms with Crippen LogP contribution >= 0.6 is 11.3 Å². The van der Waals surface area contributed by atoms with Crippen LogP contribution < -0.4 is 14.8 Å². The van der Waals surface area contributed by atoms with E-state index in [4.69, 9.17) is 4.74 Å². The van der Waals surface area contributed by atoms with Gasteiger partial charge in [-0.2, -0.15) is 0 Å². The highest BCUT2D eigenvalue weighted by atomic mass is 32.2. The van der Waals surface area contributed by atoms with Gasteiger partial charge in [-0.15, -0.1) is 0 Å². The van der Waals surface area contributed by atoms with Gasteiger partial charge >= 0.3 is 0 Å². The van der Waals surface area contributed by atoms with Gasteiger partial charge in [-0.1, -0.05) is 25.2 Å². The fraction of sp³-hybridized carbons (Fsp3) is 0.462. The lowest BCUT2D eigenvalue weighted by Crippen LogP contribution is -2.30. The van der Waals surface area contributed by atoms with Crippen LogP contribution in [0.4, 0.5) is 5.13 Å². The zero-order valence-electron chi connectivity index (χ0n) is 12.2. The Morgan fingerprint density at radius 2 is 2.14 bits per heavy atom. The number of aromatic nitrogens is 1. The normalized spacial score (nSPS) is 12.0. The zero-order chi connectivity index (χ0) is 15.5. The molecule has 0 aliphatic rings. The van der Waals surface area contributed by atoms with Crippen molar-refractivity contribution in [1.29, 1.82) is 0 Å². The van der Waals surface area contributed by atoms with Crippen LogP contribution in [0.2, 0.25) is 0 Å². The molecule has 21 heavy (non-hydrogen) atoms. The Morgan fingerprint density at radius 3 is 2.81 bits per heavy atom. The summed E-state index contributed by atoms with van der Waals surface area (Å²) in [5, 5.41) is 3.45. The van der Waals surface area contributed by atoms with Crippen molar-refractivity contribution in [3.63, 3.8) is 0 Å². The Balaban J connectivity index is 2.08. The van der Waals surface area contributed by atoms with E-state index in [-0.39, 0.29) is 11.8 Å². The molecule has 0 aliphatic carbocycles. The summed E-state index contributed by atoms with van der Waals surface area (Å²) in [4.78, 5) is 4.27. The minimum Gasteiger partial charge on any atom is -0.497 e. The number of rotatable bonds is 7. The van der Waals surface area contributed by atoms with E-state index in [0.717, 1.165) is 16.0 Å². The second kappa shape index (κ2) is 6.59. The highest BCUT2D eigenvalue weighted by Gasteiger charge is 2.14. The van der Waals surface area contributed by atoms with E-state index in [1.54, 1.807) is 13.2 Å². The number of anilines is 1. The van der Waals surface area contributed by atoms with Gasteiger partial charge in [0.1, 0.15) is 5.75 Å². The van der Waals surface area contributed by atoms with Crippen molar-refractivity contribution >= 4 is 36.7 Å². The molecule has 0 saturated heterocycles. The lowest BCUT2D eigenvalue weighted by atomic mass is 10.3. The molecule has 1 heterocycles. The van der Waals surface area contributed by atoms with Crippen molar-refractivity contribution in [2.75, 3.05) is 24.1 Å². The molecule has 8 heteroatoms. The summed E-state index contributed by atoms with van der Waals surface area (Å²) in [7, 11) is -1.80. The van der Waals surface area contributed by atoms with Crippen LogP contribution in [0.3, 0.4) is 0 Å². The van der Waals surface area contributed by atoms with Crippen LogP contribution in [-0.4, -0.2) is 38.9 Å². The van der Waals surface area contributed by atoms with E-state index in [0.29, 0.717) is 11.7 Å². The molecule has 0 radical (unpaired) electrons. The molecule has 2 N–H and O–H groups in total. The Morgan fingerprint density at radius 1 is 1.38 bits per heavy atom. The summed E-state index contributed by atoms with van der Waals surface area (Å²) in [5.41, 5.74) is 0.749. The van der Waals surface area contributed by atoms with Crippen molar-refractivity contribution in [3.05, 3.63) is 18.2 Å². The molecule has 0 aliphatic heterocycles. The molecule has 0 unspecified atom stereocenters. The van der Waals surface area contributed by atoms with E-state index in [1.807, 2.05) is 26.0 Å². The molecule has 0 fully saturated rings. The van der Waals surface area contributed by atoms with Gasteiger partial charge in [-0.25, -0.2) is 13.4 Å². The number of nitrogens with one attached hydrogen (secondary N) is 2. The average molecular weight is 329 g/mol. The van der Waals surface area contributed by atoms with E-state index in [1.165, 1.54) is 11.3 Å². The average Bonchev–Trinajstić information content (AvgIpc) is 2.77. The molecule has 0 amide bonds. The van der Waals surface area contributed by atoms with Crippen LogP contribution in [0.15, 0.2) is 18.2 Å². The number of hydrogen-bond acceptors (Lipinski definition) is 6. The number of ether oxygens (including phenoxy) is 1. The molecule has 2 rings (SSSR count). The predicted molar refractivity (Wildman–Crippen MR) is 86.7 cm³/mol. The number of hydrogen-bond donors (Lipinski definition) is 2. The standard InChI is InChI=1S/C13H19N3O3S2/c1-9(2)14-6-7-21(17,18)16-13-15-11-5-4-10(19-3)8-12(11)20-13/h4-5,8-9,14H,6-7H2,1-3H3,(H,15,16). The maximum absolute atomic E-state index is 12.0. The molecule has 1 aromatic heterocycles. The first-order chi connectivity index (χ1) is 9.89. The number of thiazole rings is 1. The van der Waals surface area contributed by atoms with Crippen molar-refractivity contribution in [3.8, 4) is 5.75 Å². The van der Waals surface area contributed by atoms with Crippen molar-refractivity contribution in [1.82, 2.24) is 10.3 Å². The highest BCUT2D eigenvalue weighted by Crippen LogP contribution is 2.29. The van der Waals surface area contributed by atoms with Crippen molar-refractivity contribution in [2.24, 2.45) is 0 Å². The fourth-order valence-corrected chi connectivity index (χ4v) is 3.84. The second-order valence-electron chi connectivity index (χ2n) is 4.88. The number of benzene rings is 1. The third-order valence-corrected chi connectivity index (χ3v) is 5.07. The van der Waals surface area contributed by atoms with Gasteiger partial charge in [0.25, 0.3) is 0 Å². The van der Waals surface area contributed by atoms with Crippen LogP contribution in [0, 0.1) is 0 Å². The first-order valence-corrected chi connectivity index (χ1v) is 9.05. The number of sulfonamides is 1. The van der Waals surface area contributed by atoms with Gasteiger partial charge in [-0.3, -0.25) is 4.72 Å². The molecule has 116 valence electrons. The van der Waals surface area contributed by atoms with Gasteiger partial charge in [0.15, 0.2) is 5.13 Å². The first kappa shape index (κ1) is 16.0. The second-order valence-corrected chi connectivity index (χ2v) is 7.75. The Hall–Kier alpha value is -1.38. The van der Waals surface area contributed by atoms with Gasteiger partial charge in [-0.05, 0) is 18.2 Å². The van der Waals surface area contributed by atoms with Crippen molar-refractivity contribution in [2.45, 2.75) is 19.9 Å². The van der Waals surface area contributed by atoms with E-state index in [2.05, 4.69) is 15.0 Å². The molecular formula is C13H19N3O3S2. The monoisotopic (exact) mass is 329 g/mol. The Kier molecular flexibility index (Phi) is 5.02. The summed E-state index contributed by atoms with van der Waals surface area (Å²) >= 11 is 1.29. The zero-order valence-corrected chi connectivity index (χ0v) is 13.8. The van der Waals surface area contributed by atoms with Crippen LogP contribution in [0.25, 0.3) is 10.2 Å². The summed E-state index contributed by atoms with van der Waals surface area (Å²) in [6.07, 6.45) is 0. The van der Waals surface area contributed by atoms with E-state index >= 15 is 0 Å². The molecule has 0 bridgehead atoms. The SMILES string of the molecule is COc1ccc2nc(NS(=O)(=O)CCNC(C)C)sc2c1. The lowest BCUT2D eigenvalue weighted by molar-refractivity contribution is 0.415. The quantitative estimate of drug-likeness (QED) is 0.812. The van der Waals surface area contributed by atoms with Crippen LogP contribution in [0.1, 0.15) is 13.8 Å². The van der Waals surface area contributed by atoms with E-state index in [9.17, 15) is 8.42 Å². The summed E-state index contributed by atoms with van der Waals surface area (Å²) in [6.45, 7) is 4.35. The van der Waals surface area contributed by atoms with Gasteiger partial charge in [0, 0.05) is 12.6 Å². The lowest BCUT2D eigenvalue weighted by Gasteiger charge is -2.08. The van der Waals surface area contributed by atoms with E-state index < -0.39 is 10.0 Å². The van der Waals surface area contributed by atoms with Crippen molar-refractivity contribution < 1.29 is 13.2 Å². The molecule has 6 nitrogen and oxygen atoms in total. The Labute approximate surface area is 128 Å². The fourth-order valence-electron chi connectivity index (χ4n) is 1.74. The molecule has 0 saturated carbocycles. The number of methoxy groups -OCH3 is 1. The Bertz CT molecular complexity index is 711. The number of fused-ring (bicyclic) bond motifs is 1. The van der Waals surface area contributed by atoms with Gasteiger partial charge in [0.05, 0.1) is 23.1 Å². The smallest absolute Gasteiger partial charge is 0.235 e. The molecule has 1 aromatic carbocycles.